The van der Waals surface area contributed by atoms with Gasteiger partial charge in [-0.05, 0) is 62.6 Å². The molecule has 0 N–H and O–H groups in total. The molecule has 0 bridgehead atoms. The summed E-state index contributed by atoms with van der Waals surface area (Å²) in [5.41, 5.74) is 4.76. The molecule has 118 valence electrons. The predicted octanol–water partition coefficient (Wildman–Crippen LogP) is 4.26. The smallest absolute Gasteiger partial charge is 0.216 e. The summed E-state index contributed by atoms with van der Waals surface area (Å²) in [4.78, 5) is -0.102. The van der Waals surface area contributed by atoms with Crippen molar-refractivity contribution in [2.45, 2.75) is 32.6 Å². The quantitative estimate of drug-likeness (QED) is 0.792. The van der Waals surface area contributed by atoms with Gasteiger partial charge < -0.3 is 0 Å². The maximum Gasteiger partial charge on any atom is 0.216 e. The van der Waals surface area contributed by atoms with Crippen molar-refractivity contribution in [1.29, 1.82) is 5.26 Å². The van der Waals surface area contributed by atoms with Crippen LogP contribution >= 0.6 is 0 Å². The molecular formula is C19H19NO2S. The van der Waals surface area contributed by atoms with Crippen molar-refractivity contribution in [3.63, 3.8) is 0 Å². The molecule has 0 aliphatic carbocycles. The Labute approximate surface area is 137 Å². The molecule has 2 rings (SSSR count). The molecule has 0 heterocycles. The monoisotopic (exact) mass is 325 g/mol. The fourth-order valence-electron chi connectivity index (χ4n) is 2.56. The van der Waals surface area contributed by atoms with Crippen molar-refractivity contribution in [2.24, 2.45) is 0 Å². The first-order chi connectivity index (χ1) is 10.8. The van der Waals surface area contributed by atoms with Crippen LogP contribution in [0.5, 0.6) is 0 Å². The van der Waals surface area contributed by atoms with Crippen LogP contribution < -0.4 is 0 Å². The van der Waals surface area contributed by atoms with Crippen molar-refractivity contribution in [1.82, 2.24) is 0 Å². The van der Waals surface area contributed by atoms with Crippen LogP contribution in [0.2, 0.25) is 0 Å². The molecule has 0 saturated carbocycles. The van der Waals surface area contributed by atoms with Crippen LogP contribution in [0.3, 0.4) is 0 Å². The Hall–Kier alpha value is -2.38. The number of sulfone groups is 1. The van der Waals surface area contributed by atoms with Gasteiger partial charge >= 0.3 is 0 Å². The fraction of sp³-hybridized carbons (Fsp3) is 0.211. The molecule has 23 heavy (non-hydrogen) atoms. The van der Waals surface area contributed by atoms with Gasteiger partial charge in [0, 0.05) is 0 Å². The van der Waals surface area contributed by atoms with Gasteiger partial charge in [0.25, 0.3) is 0 Å². The largest absolute Gasteiger partial charge is 0.218 e. The number of rotatable bonds is 3. The summed E-state index contributed by atoms with van der Waals surface area (Å²) in [7, 11) is -3.81. The lowest BCUT2D eigenvalue weighted by Gasteiger charge is -2.09. The van der Waals surface area contributed by atoms with Gasteiger partial charge in [0.2, 0.25) is 9.84 Å². The van der Waals surface area contributed by atoms with Gasteiger partial charge in [0.1, 0.15) is 11.0 Å². The van der Waals surface area contributed by atoms with Gasteiger partial charge in [-0.2, -0.15) is 5.26 Å². The highest BCUT2D eigenvalue weighted by molar-refractivity contribution is 7.95. The zero-order valence-electron chi connectivity index (χ0n) is 13.7. The average molecular weight is 325 g/mol. The Balaban J connectivity index is 2.60. The Morgan fingerprint density at radius 3 is 1.96 bits per heavy atom. The minimum Gasteiger partial charge on any atom is -0.218 e. The number of aryl methyl sites for hydroxylation is 4. The molecule has 0 spiro atoms. The van der Waals surface area contributed by atoms with Crippen LogP contribution in [0, 0.1) is 39.0 Å². The van der Waals surface area contributed by atoms with E-state index in [1.807, 2.05) is 45.9 Å². The number of hydrogen-bond donors (Lipinski definition) is 0. The Bertz CT molecular complexity index is 892. The highest BCUT2D eigenvalue weighted by Crippen LogP contribution is 2.25. The summed E-state index contributed by atoms with van der Waals surface area (Å²) < 4.78 is 25.4. The summed E-state index contributed by atoms with van der Waals surface area (Å²) in [6.45, 7) is 7.71. The fourth-order valence-corrected chi connectivity index (χ4v) is 3.71. The molecule has 0 radical (unpaired) electrons. The zero-order chi connectivity index (χ0) is 17.2. The van der Waals surface area contributed by atoms with Crippen molar-refractivity contribution in [3.05, 3.63) is 69.1 Å². The summed E-state index contributed by atoms with van der Waals surface area (Å²) in [5, 5.41) is 9.38. The number of hydrogen-bond acceptors (Lipinski definition) is 3. The second-order valence-corrected chi connectivity index (χ2v) is 7.67. The van der Waals surface area contributed by atoms with E-state index in [1.165, 1.54) is 18.2 Å². The molecule has 0 saturated heterocycles. The van der Waals surface area contributed by atoms with Gasteiger partial charge in [-0.25, -0.2) is 8.42 Å². The highest BCUT2D eigenvalue weighted by atomic mass is 32.2. The molecule has 0 aromatic heterocycles. The SMILES string of the molecule is Cc1ccc(S(=O)(=O)/C(C#N)=C/c2c(C)cc(C)cc2C)cc1. The van der Waals surface area contributed by atoms with E-state index in [-0.39, 0.29) is 9.80 Å². The molecule has 0 aliphatic heterocycles. The van der Waals surface area contributed by atoms with Gasteiger partial charge in [-0.3, -0.25) is 0 Å². The lowest BCUT2D eigenvalue weighted by atomic mass is 9.99. The van der Waals surface area contributed by atoms with E-state index in [4.69, 9.17) is 0 Å². The van der Waals surface area contributed by atoms with Crippen LogP contribution in [0.15, 0.2) is 46.2 Å². The third-order valence-electron chi connectivity index (χ3n) is 3.74. The normalized spacial score (nSPS) is 12.0. The molecule has 2 aromatic rings. The van der Waals surface area contributed by atoms with E-state index in [0.29, 0.717) is 0 Å². The van der Waals surface area contributed by atoms with Gasteiger partial charge in [-0.1, -0.05) is 35.4 Å². The van der Waals surface area contributed by atoms with Crippen LogP contribution in [-0.2, 0) is 9.84 Å². The topological polar surface area (TPSA) is 57.9 Å². The van der Waals surface area contributed by atoms with Crippen molar-refractivity contribution in [3.8, 4) is 6.07 Å². The van der Waals surface area contributed by atoms with E-state index in [9.17, 15) is 13.7 Å². The molecule has 0 amide bonds. The lowest BCUT2D eigenvalue weighted by Crippen LogP contribution is -2.04. The van der Waals surface area contributed by atoms with E-state index in [2.05, 4.69) is 0 Å². The molecule has 3 nitrogen and oxygen atoms in total. The van der Waals surface area contributed by atoms with E-state index < -0.39 is 9.84 Å². The Morgan fingerprint density at radius 2 is 1.48 bits per heavy atom. The van der Waals surface area contributed by atoms with Gasteiger partial charge in [0.15, 0.2) is 0 Å². The first kappa shape index (κ1) is 17.0. The molecule has 4 heteroatoms. The minimum absolute atomic E-state index is 0.137. The van der Waals surface area contributed by atoms with Crippen molar-refractivity contribution < 1.29 is 8.42 Å². The zero-order valence-corrected chi connectivity index (χ0v) is 14.5. The first-order valence-corrected chi connectivity index (χ1v) is 8.75. The molecule has 0 fully saturated rings. The third kappa shape index (κ3) is 3.52. The maximum atomic E-state index is 12.7. The number of benzene rings is 2. The van der Waals surface area contributed by atoms with Crippen LogP contribution in [-0.4, -0.2) is 8.42 Å². The summed E-state index contributed by atoms with van der Waals surface area (Å²) in [6, 6.07) is 12.3. The Kier molecular flexibility index (Phi) is 4.72. The minimum atomic E-state index is -3.81. The second kappa shape index (κ2) is 6.39. The predicted molar refractivity (Wildman–Crippen MR) is 92.6 cm³/mol. The molecule has 2 aromatic carbocycles. The number of allylic oxidation sites excluding steroid dienone is 1. The number of nitrogens with zero attached hydrogens (tertiary/aromatic N) is 1. The standard InChI is InChI=1S/C19H19NO2S/c1-13-5-7-17(8-6-13)23(21,22)18(12-20)11-19-15(3)9-14(2)10-16(19)4/h5-11H,1-4H3/b18-11+. The maximum absolute atomic E-state index is 12.7. The summed E-state index contributed by atoms with van der Waals surface area (Å²) in [6.07, 6.45) is 1.47. The van der Waals surface area contributed by atoms with E-state index >= 15 is 0 Å². The van der Waals surface area contributed by atoms with Crippen LogP contribution in [0.1, 0.15) is 27.8 Å². The highest BCUT2D eigenvalue weighted by Gasteiger charge is 2.21. The van der Waals surface area contributed by atoms with E-state index in [0.717, 1.165) is 27.8 Å². The number of nitriles is 1. The molecule has 0 unspecified atom stereocenters. The first-order valence-electron chi connectivity index (χ1n) is 7.27. The van der Waals surface area contributed by atoms with Gasteiger partial charge in [-0.15, -0.1) is 0 Å². The molecule has 0 aliphatic rings. The van der Waals surface area contributed by atoms with Crippen molar-refractivity contribution in [2.75, 3.05) is 0 Å². The van der Waals surface area contributed by atoms with Crippen molar-refractivity contribution >= 4 is 15.9 Å². The second-order valence-electron chi connectivity index (χ2n) is 5.75. The van der Waals surface area contributed by atoms with Crippen LogP contribution in [0.25, 0.3) is 6.08 Å². The van der Waals surface area contributed by atoms with Gasteiger partial charge in [0.05, 0.1) is 4.90 Å². The molecular weight excluding hydrogens is 306 g/mol. The summed E-state index contributed by atoms with van der Waals surface area (Å²) >= 11 is 0. The lowest BCUT2D eigenvalue weighted by molar-refractivity contribution is 0.603. The third-order valence-corrected chi connectivity index (χ3v) is 5.43. The average Bonchev–Trinajstić information content (AvgIpc) is 2.46. The van der Waals surface area contributed by atoms with E-state index in [1.54, 1.807) is 12.1 Å². The van der Waals surface area contributed by atoms with Crippen LogP contribution in [0.4, 0.5) is 0 Å². The Morgan fingerprint density at radius 1 is 0.957 bits per heavy atom. The molecule has 0 atom stereocenters. The summed E-state index contributed by atoms with van der Waals surface area (Å²) in [5.74, 6) is 0.